The van der Waals surface area contributed by atoms with Gasteiger partial charge in [0.2, 0.25) is 0 Å². The van der Waals surface area contributed by atoms with Crippen molar-refractivity contribution in [3.05, 3.63) is 46.7 Å². The van der Waals surface area contributed by atoms with Gasteiger partial charge in [-0.2, -0.15) is 5.10 Å². The maximum absolute atomic E-state index is 12.9. The smallest absolute Gasteiger partial charge is 0.254 e. The largest absolute Gasteiger partial charge is 0.349 e. The number of amides is 1. The van der Waals surface area contributed by atoms with E-state index >= 15 is 0 Å². The Labute approximate surface area is 171 Å². The third kappa shape index (κ3) is 3.86. The lowest BCUT2D eigenvalue weighted by Crippen LogP contribution is -2.53. The van der Waals surface area contributed by atoms with Gasteiger partial charge in [-0.3, -0.25) is 4.79 Å². The molecule has 0 aliphatic heterocycles. The Morgan fingerprint density at radius 1 is 1.26 bits per heavy atom. The summed E-state index contributed by atoms with van der Waals surface area (Å²) in [6.45, 7) is 1.91. The summed E-state index contributed by atoms with van der Waals surface area (Å²) >= 11 is 6.28. The first kappa shape index (κ1) is 20.2. The Morgan fingerprint density at radius 2 is 1.93 bits per heavy atom. The maximum Gasteiger partial charge on any atom is 0.254 e. The van der Waals surface area contributed by atoms with Gasteiger partial charge in [0.25, 0.3) is 5.91 Å². The van der Waals surface area contributed by atoms with Crippen molar-refractivity contribution in [2.75, 3.05) is 0 Å². The van der Waals surface area contributed by atoms with Crippen LogP contribution in [0.1, 0.15) is 48.2 Å². The third-order valence-electron chi connectivity index (χ3n) is 6.01. The zero-order valence-corrected chi connectivity index (χ0v) is 17.0. The molecule has 0 spiro atoms. The van der Waals surface area contributed by atoms with Crippen LogP contribution < -0.4 is 11.1 Å². The van der Waals surface area contributed by atoms with E-state index in [-0.39, 0.29) is 30.4 Å². The standard InChI is InChI=1S/C20H25ClN4O.ClH/c1-12-16(11-23-25(12)18-8-3-2-7-17(18)21)20(26)24-19-13-5-4-6-14(19)10-15(22)9-13;/h2-3,7-8,11,13-15,19H,4-6,9-10,22H2,1H3,(H,24,26);1H. The summed E-state index contributed by atoms with van der Waals surface area (Å²) in [6.07, 6.45) is 7.23. The minimum absolute atomic E-state index is 0. The highest BCUT2D eigenvalue weighted by Crippen LogP contribution is 2.39. The van der Waals surface area contributed by atoms with Crippen LogP contribution in [0.25, 0.3) is 5.69 Å². The summed E-state index contributed by atoms with van der Waals surface area (Å²) < 4.78 is 1.73. The van der Waals surface area contributed by atoms with Gasteiger partial charge in [0, 0.05) is 12.1 Å². The van der Waals surface area contributed by atoms with E-state index in [1.54, 1.807) is 10.9 Å². The molecule has 0 saturated heterocycles. The van der Waals surface area contributed by atoms with Gasteiger partial charge in [0.15, 0.2) is 0 Å². The summed E-state index contributed by atoms with van der Waals surface area (Å²) in [6, 6.07) is 8.03. The van der Waals surface area contributed by atoms with E-state index in [1.165, 1.54) is 6.42 Å². The SMILES string of the molecule is Cc1c(C(=O)NC2C3CCCC2CC(N)C3)cnn1-c1ccccc1Cl.Cl. The fraction of sp³-hybridized carbons (Fsp3) is 0.500. The van der Waals surface area contributed by atoms with E-state index in [2.05, 4.69) is 10.4 Å². The van der Waals surface area contributed by atoms with E-state index in [1.807, 2.05) is 31.2 Å². The van der Waals surface area contributed by atoms with Gasteiger partial charge in [-0.15, -0.1) is 12.4 Å². The molecule has 2 aliphatic carbocycles. The molecule has 2 aliphatic rings. The summed E-state index contributed by atoms with van der Waals surface area (Å²) in [5, 5.41) is 8.31. The van der Waals surface area contributed by atoms with Crippen molar-refractivity contribution in [3.63, 3.8) is 0 Å². The van der Waals surface area contributed by atoms with Gasteiger partial charge in [-0.05, 0) is 56.6 Å². The minimum atomic E-state index is -0.0434. The van der Waals surface area contributed by atoms with Crippen LogP contribution >= 0.6 is 24.0 Å². The van der Waals surface area contributed by atoms with Crippen molar-refractivity contribution in [1.82, 2.24) is 15.1 Å². The van der Waals surface area contributed by atoms with Crippen molar-refractivity contribution in [1.29, 1.82) is 0 Å². The molecule has 1 heterocycles. The molecule has 4 rings (SSSR count). The number of hydrogen-bond acceptors (Lipinski definition) is 3. The molecule has 2 saturated carbocycles. The van der Waals surface area contributed by atoms with Gasteiger partial charge in [0.1, 0.15) is 0 Å². The average Bonchev–Trinajstić information content (AvgIpc) is 2.97. The summed E-state index contributed by atoms with van der Waals surface area (Å²) in [5.41, 5.74) is 8.39. The molecule has 3 N–H and O–H groups in total. The van der Waals surface area contributed by atoms with Crippen LogP contribution in [0.5, 0.6) is 0 Å². The monoisotopic (exact) mass is 408 g/mol. The first-order valence-electron chi connectivity index (χ1n) is 9.40. The number of rotatable bonds is 3. The quantitative estimate of drug-likeness (QED) is 0.808. The number of nitrogens with zero attached hydrogens (tertiary/aromatic N) is 2. The number of benzene rings is 1. The predicted octanol–water partition coefficient (Wildman–Crippen LogP) is 3.89. The molecular formula is C20H26Cl2N4O. The lowest BCUT2D eigenvalue weighted by Gasteiger charge is -2.45. The number of carbonyl (C=O) groups is 1. The predicted molar refractivity (Wildman–Crippen MR) is 110 cm³/mol. The maximum atomic E-state index is 12.9. The Bertz CT molecular complexity index is 808. The topological polar surface area (TPSA) is 72.9 Å². The molecule has 0 radical (unpaired) electrons. The third-order valence-corrected chi connectivity index (χ3v) is 6.33. The van der Waals surface area contributed by atoms with Crippen LogP contribution in [0.3, 0.4) is 0 Å². The molecular weight excluding hydrogens is 383 g/mol. The molecule has 2 unspecified atom stereocenters. The summed E-state index contributed by atoms with van der Waals surface area (Å²) in [5.74, 6) is 0.957. The Balaban J connectivity index is 0.00000210. The summed E-state index contributed by atoms with van der Waals surface area (Å²) in [4.78, 5) is 12.9. The number of nitrogens with two attached hydrogens (primary N) is 1. The van der Waals surface area contributed by atoms with Crippen molar-refractivity contribution in [3.8, 4) is 5.69 Å². The van der Waals surface area contributed by atoms with Crippen LogP contribution in [0.15, 0.2) is 30.5 Å². The van der Waals surface area contributed by atoms with E-state index in [9.17, 15) is 4.79 Å². The first-order valence-corrected chi connectivity index (χ1v) is 9.78. The Kier molecular flexibility index (Phi) is 6.14. The molecule has 1 amide bonds. The second-order valence-corrected chi connectivity index (χ2v) is 8.10. The molecule has 1 aromatic heterocycles. The van der Waals surface area contributed by atoms with Gasteiger partial charge < -0.3 is 11.1 Å². The van der Waals surface area contributed by atoms with Gasteiger partial charge in [-0.1, -0.05) is 30.2 Å². The molecule has 1 aromatic carbocycles. The number of nitrogens with one attached hydrogen (secondary N) is 1. The van der Waals surface area contributed by atoms with E-state index in [0.29, 0.717) is 22.4 Å². The lowest BCUT2D eigenvalue weighted by atomic mass is 9.67. The molecule has 2 fully saturated rings. The van der Waals surface area contributed by atoms with Crippen molar-refractivity contribution >= 4 is 29.9 Å². The average molecular weight is 409 g/mol. The molecule has 27 heavy (non-hydrogen) atoms. The highest BCUT2D eigenvalue weighted by molar-refractivity contribution is 6.32. The van der Waals surface area contributed by atoms with Crippen LogP contribution in [0.4, 0.5) is 0 Å². The second-order valence-electron chi connectivity index (χ2n) is 7.69. The van der Waals surface area contributed by atoms with Gasteiger partial charge in [-0.25, -0.2) is 4.68 Å². The summed E-state index contributed by atoms with van der Waals surface area (Å²) in [7, 11) is 0. The Morgan fingerprint density at radius 3 is 2.59 bits per heavy atom. The van der Waals surface area contributed by atoms with Crippen molar-refractivity contribution < 1.29 is 4.79 Å². The number of halogens is 2. The highest BCUT2D eigenvalue weighted by Gasteiger charge is 2.40. The van der Waals surface area contributed by atoms with Gasteiger partial charge >= 0.3 is 0 Å². The van der Waals surface area contributed by atoms with Gasteiger partial charge in [0.05, 0.1) is 28.2 Å². The molecule has 5 nitrogen and oxygen atoms in total. The fourth-order valence-corrected chi connectivity index (χ4v) is 4.97. The van der Waals surface area contributed by atoms with Crippen molar-refractivity contribution in [2.24, 2.45) is 17.6 Å². The van der Waals surface area contributed by atoms with Crippen LogP contribution in [0.2, 0.25) is 5.02 Å². The van der Waals surface area contributed by atoms with E-state index in [4.69, 9.17) is 17.3 Å². The molecule has 2 atom stereocenters. The molecule has 2 aromatic rings. The number of para-hydroxylation sites is 1. The Hall–Kier alpha value is -1.56. The van der Waals surface area contributed by atoms with E-state index in [0.717, 1.165) is 37.1 Å². The van der Waals surface area contributed by atoms with Crippen LogP contribution in [-0.4, -0.2) is 27.8 Å². The fourth-order valence-electron chi connectivity index (χ4n) is 4.75. The number of hydrogen-bond donors (Lipinski definition) is 2. The normalized spacial score (nSPS) is 26.9. The molecule has 146 valence electrons. The van der Waals surface area contributed by atoms with E-state index < -0.39 is 0 Å². The second kappa shape index (κ2) is 8.21. The molecule has 7 heteroatoms. The zero-order chi connectivity index (χ0) is 18.3. The minimum Gasteiger partial charge on any atom is -0.349 e. The first-order chi connectivity index (χ1) is 12.5. The van der Waals surface area contributed by atoms with Crippen LogP contribution in [0, 0.1) is 18.8 Å². The van der Waals surface area contributed by atoms with Crippen LogP contribution in [-0.2, 0) is 0 Å². The zero-order valence-electron chi connectivity index (χ0n) is 15.4. The number of fused-ring (bicyclic) bond motifs is 2. The molecule has 2 bridgehead atoms. The van der Waals surface area contributed by atoms with Crippen molar-refractivity contribution in [2.45, 2.75) is 51.1 Å². The number of aromatic nitrogens is 2. The number of carbonyl (C=O) groups excluding carboxylic acids is 1. The highest BCUT2D eigenvalue weighted by atomic mass is 35.5. The lowest BCUT2D eigenvalue weighted by molar-refractivity contribution is 0.0755.